The zero-order valence-electron chi connectivity index (χ0n) is 12.1. The molecule has 1 atom stereocenters. The average molecular weight is 297 g/mol. The second-order valence-electron chi connectivity index (χ2n) is 5.20. The SMILES string of the molecule is C[C@H](NC(=O)Cc1ccccc1F)c1nc2ccccc2[nH]1. The third kappa shape index (κ3) is 2.98. The molecule has 0 bridgehead atoms. The van der Waals surface area contributed by atoms with Crippen LogP contribution in [-0.4, -0.2) is 15.9 Å². The molecule has 2 N–H and O–H groups in total. The van der Waals surface area contributed by atoms with Crippen LogP contribution in [0.2, 0.25) is 0 Å². The number of aromatic nitrogens is 2. The highest BCUT2D eigenvalue weighted by atomic mass is 19.1. The molecule has 3 aromatic rings. The molecule has 22 heavy (non-hydrogen) atoms. The van der Waals surface area contributed by atoms with Gasteiger partial charge in [-0.05, 0) is 30.7 Å². The summed E-state index contributed by atoms with van der Waals surface area (Å²) in [5.74, 6) is 0.0789. The van der Waals surface area contributed by atoms with Crippen LogP contribution in [0.1, 0.15) is 24.4 Å². The molecule has 0 spiro atoms. The van der Waals surface area contributed by atoms with Crippen molar-refractivity contribution in [3.63, 3.8) is 0 Å². The fourth-order valence-corrected chi connectivity index (χ4v) is 2.35. The number of imidazole rings is 1. The summed E-state index contributed by atoms with van der Waals surface area (Å²) in [6, 6.07) is 13.7. The molecule has 0 radical (unpaired) electrons. The fraction of sp³-hybridized carbons (Fsp3) is 0.176. The number of carbonyl (C=O) groups is 1. The Hall–Kier alpha value is -2.69. The molecule has 1 amide bonds. The van der Waals surface area contributed by atoms with E-state index in [1.165, 1.54) is 6.07 Å². The van der Waals surface area contributed by atoms with Crippen molar-refractivity contribution in [2.45, 2.75) is 19.4 Å². The summed E-state index contributed by atoms with van der Waals surface area (Å²) in [5, 5.41) is 2.83. The standard InChI is InChI=1S/C17H16FN3O/c1-11(17-20-14-8-4-5-9-15(14)21-17)19-16(22)10-12-6-2-3-7-13(12)18/h2-9,11H,10H2,1H3,(H,19,22)(H,20,21)/t11-/m0/s1. The Bertz CT molecular complexity index is 779. The van der Waals surface area contributed by atoms with Gasteiger partial charge in [-0.3, -0.25) is 4.79 Å². The normalized spacial score (nSPS) is 12.3. The van der Waals surface area contributed by atoms with E-state index in [4.69, 9.17) is 0 Å². The number of hydrogen-bond acceptors (Lipinski definition) is 2. The van der Waals surface area contributed by atoms with E-state index < -0.39 is 0 Å². The smallest absolute Gasteiger partial charge is 0.225 e. The van der Waals surface area contributed by atoms with Gasteiger partial charge >= 0.3 is 0 Å². The van der Waals surface area contributed by atoms with Gasteiger partial charge in [-0.2, -0.15) is 0 Å². The summed E-state index contributed by atoms with van der Waals surface area (Å²) >= 11 is 0. The molecular formula is C17H16FN3O. The van der Waals surface area contributed by atoms with Crippen molar-refractivity contribution in [1.82, 2.24) is 15.3 Å². The van der Waals surface area contributed by atoms with E-state index in [1.807, 2.05) is 31.2 Å². The summed E-state index contributed by atoms with van der Waals surface area (Å²) in [4.78, 5) is 19.7. The van der Waals surface area contributed by atoms with Gasteiger partial charge in [0.25, 0.3) is 0 Å². The molecule has 1 aromatic heterocycles. The van der Waals surface area contributed by atoms with Crippen molar-refractivity contribution in [1.29, 1.82) is 0 Å². The molecule has 1 heterocycles. The first kappa shape index (κ1) is 14.3. The van der Waals surface area contributed by atoms with E-state index in [0.29, 0.717) is 11.4 Å². The minimum atomic E-state index is -0.367. The summed E-state index contributed by atoms with van der Waals surface area (Å²) in [5.41, 5.74) is 2.16. The predicted molar refractivity (Wildman–Crippen MR) is 82.8 cm³/mol. The third-order valence-electron chi connectivity index (χ3n) is 3.50. The number of nitrogens with zero attached hydrogens (tertiary/aromatic N) is 1. The first-order valence-electron chi connectivity index (χ1n) is 7.11. The first-order valence-corrected chi connectivity index (χ1v) is 7.11. The topological polar surface area (TPSA) is 57.8 Å². The summed E-state index contributed by atoms with van der Waals surface area (Å²) < 4.78 is 13.6. The molecular weight excluding hydrogens is 281 g/mol. The highest BCUT2D eigenvalue weighted by Gasteiger charge is 2.14. The van der Waals surface area contributed by atoms with Crippen molar-refractivity contribution >= 4 is 16.9 Å². The van der Waals surface area contributed by atoms with Gasteiger partial charge < -0.3 is 10.3 Å². The highest BCUT2D eigenvalue weighted by molar-refractivity contribution is 5.79. The van der Waals surface area contributed by atoms with Crippen LogP contribution < -0.4 is 5.32 Å². The number of hydrogen-bond donors (Lipinski definition) is 2. The number of rotatable bonds is 4. The van der Waals surface area contributed by atoms with Crippen molar-refractivity contribution in [2.75, 3.05) is 0 Å². The van der Waals surface area contributed by atoms with Gasteiger partial charge in [0.1, 0.15) is 11.6 Å². The number of carbonyl (C=O) groups excluding carboxylic acids is 1. The third-order valence-corrected chi connectivity index (χ3v) is 3.50. The molecule has 2 aromatic carbocycles. The largest absolute Gasteiger partial charge is 0.346 e. The van der Waals surface area contributed by atoms with E-state index in [9.17, 15) is 9.18 Å². The predicted octanol–water partition coefficient (Wildman–Crippen LogP) is 3.12. The van der Waals surface area contributed by atoms with Crippen molar-refractivity contribution in [3.05, 3.63) is 65.7 Å². The zero-order chi connectivity index (χ0) is 15.5. The van der Waals surface area contributed by atoms with Crippen LogP contribution in [0.4, 0.5) is 4.39 Å². The van der Waals surface area contributed by atoms with Crippen LogP contribution in [0.15, 0.2) is 48.5 Å². The minimum absolute atomic E-state index is 0.0112. The van der Waals surface area contributed by atoms with Crippen molar-refractivity contribution in [3.8, 4) is 0 Å². The van der Waals surface area contributed by atoms with Crippen LogP contribution in [0.25, 0.3) is 11.0 Å². The van der Waals surface area contributed by atoms with Crippen molar-refractivity contribution in [2.24, 2.45) is 0 Å². The molecule has 0 aliphatic heterocycles. The van der Waals surface area contributed by atoms with E-state index in [2.05, 4.69) is 15.3 Å². The fourth-order valence-electron chi connectivity index (χ4n) is 2.35. The van der Waals surface area contributed by atoms with Gasteiger partial charge in [-0.15, -0.1) is 0 Å². The number of para-hydroxylation sites is 2. The molecule has 0 aliphatic rings. The Morgan fingerprint density at radius 2 is 1.95 bits per heavy atom. The molecule has 0 fully saturated rings. The Morgan fingerprint density at radius 3 is 2.73 bits per heavy atom. The summed E-state index contributed by atoms with van der Waals surface area (Å²) in [6.07, 6.45) is 0.0112. The molecule has 0 unspecified atom stereocenters. The second kappa shape index (κ2) is 5.97. The summed E-state index contributed by atoms with van der Waals surface area (Å²) in [7, 11) is 0. The number of benzene rings is 2. The quantitative estimate of drug-likeness (QED) is 0.777. The first-order chi connectivity index (χ1) is 10.6. The Balaban J connectivity index is 1.69. The zero-order valence-corrected chi connectivity index (χ0v) is 12.1. The maximum atomic E-state index is 13.6. The lowest BCUT2D eigenvalue weighted by atomic mass is 10.1. The number of nitrogens with one attached hydrogen (secondary N) is 2. The van der Waals surface area contributed by atoms with Gasteiger partial charge in [0.2, 0.25) is 5.91 Å². The number of aromatic amines is 1. The highest BCUT2D eigenvalue weighted by Crippen LogP contribution is 2.16. The molecule has 0 saturated heterocycles. The van der Waals surface area contributed by atoms with Gasteiger partial charge in [-0.1, -0.05) is 30.3 Å². The molecule has 0 saturated carbocycles. The summed E-state index contributed by atoms with van der Waals surface area (Å²) in [6.45, 7) is 1.84. The van der Waals surface area contributed by atoms with Gasteiger partial charge in [0.05, 0.1) is 23.5 Å². The maximum Gasteiger partial charge on any atom is 0.225 e. The van der Waals surface area contributed by atoms with Crippen LogP contribution >= 0.6 is 0 Å². The lowest BCUT2D eigenvalue weighted by Gasteiger charge is -2.11. The average Bonchev–Trinajstić information content (AvgIpc) is 2.93. The Labute approximate surface area is 127 Å². The van der Waals surface area contributed by atoms with E-state index >= 15 is 0 Å². The minimum Gasteiger partial charge on any atom is -0.346 e. The number of fused-ring (bicyclic) bond motifs is 1. The van der Waals surface area contributed by atoms with Crippen LogP contribution in [0, 0.1) is 5.82 Å². The number of H-pyrrole nitrogens is 1. The molecule has 5 heteroatoms. The van der Waals surface area contributed by atoms with Crippen molar-refractivity contribution < 1.29 is 9.18 Å². The molecule has 0 aliphatic carbocycles. The van der Waals surface area contributed by atoms with Crippen LogP contribution in [-0.2, 0) is 11.2 Å². The number of halogens is 1. The molecule has 3 rings (SSSR count). The lowest BCUT2D eigenvalue weighted by molar-refractivity contribution is -0.121. The Morgan fingerprint density at radius 1 is 1.23 bits per heavy atom. The molecule has 112 valence electrons. The molecule has 4 nitrogen and oxygen atoms in total. The number of amides is 1. The van der Waals surface area contributed by atoms with E-state index in [0.717, 1.165) is 11.0 Å². The van der Waals surface area contributed by atoms with Crippen LogP contribution in [0.5, 0.6) is 0 Å². The van der Waals surface area contributed by atoms with Gasteiger partial charge in [0, 0.05) is 0 Å². The van der Waals surface area contributed by atoms with Gasteiger partial charge in [-0.25, -0.2) is 9.37 Å². The lowest BCUT2D eigenvalue weighted by Crippen LogP contribution is -2.29. The van der Waals surface area contributed by atoms with Gasteiger partial charge in [0.15, 0.2) is 0 Å². The second-order valence-corrected chi connectivity index (χ2v) is 5.20. The van der Waals surface area contributed by atoms with E-state index in [1.54, 1.807) is 18.2 Å². The van der Waals surface area contributed by atoms with E-state index in [-0.39, 0.29) is 24.2 Å². The Kier molecular flexibility index (Phi) is 3.87. The monoisotopic (exact) mass is 297 g/mol. The maximum absolute atomic E-state index is 13.6. The van der Waals surface area contributed by atoms with Crippen LogP contribution in [0.3, 0.4) is 0 Å².